The van der Waals surface area contributed by atoms with Gasteiger partial charge in [0.1, 0.15) is 5.69 Å². The largest absolute Gasteiger partial charge is 0.433 e. The Morgan fingerprint density at radius 1 is 1.37 bits per heavy atom. The molecule has 0 radical (unpaired) electrons. The Morgan fingerprint density at radius 3 is 2.68 bits per heavy atom. The Labute approximate surface area is 109 Å². The van der Waals surface area contributed by atoms with E-state index >= 15 is 0 Å². The fourth-order valence-corrected chi connectivity index (χ4v) is 1.45. The molecular weight excluding hydrogens is 261 g/mol. The van der Waals surface area contributed by atoms with Gasteiger partial charge in [0.25, 0.3) is 0 Å². The average Bonchev–Trinajstić information content (AvgIpc) is 2.38. The molecule has 19 heavy (non-hydrogen) atoms. The molecule has 0 amide bonds. The van der Waals surface area contributed by atoms with Crippen LogP contribution in [0.4, 0.5) is 19.1 Å². The molecule has 5 nitrogen and oxygen atoms in total. The minimum atomic E-state index is -4.47. The zero-order valence-corrected chi connectivity index (χ0v) is 10.7. The van der Waals surface area contributed by atoms with Gasteiger partial charge in [0, 0.05) is 26.4 Å². The standard InChI is InChI=1S/C11H17F3N4O/c1-19-8-7-18(6-2-4-15)10-16-5-3-9(17-10)11(12,13)14/h3,5H,2,4,6-8,15H2,1H3. The zero-order valence-electron chi connectivity index (χ0n) is 10.7. The molecule has 0 unspecified atom stereocenters. The van der Waals surface area contributed by atoms with Gasteiger partial charge in [-0.05, 0) is 19.0 Å². The lowest BCUT2D eigenvalue weighted by Crippen LogP contribution is -2.31. The molecule has 0 saturated carbocycles. The molecule has 1 rings (SSSR count). The summed E-state index contributed by atoms with van der Waals surface area (Å²) in [6.45, 7) is 1.73. The minimum Gasteiger partial charge on any atom is -0.383 e. The van der Waals surface area contributed by atoms with E-state index in [0.717, 1.165) is 12.3 Å². The molecule has 8 heteroatoms. The first-order valence-corrected chi connectivity index (χ1v) is 5.83. The maximum absolute atomic E-state index is 12.6. The number of rotatable bonds is 7. The maximum Gasteiger partial charge on any atom is 0.433 e. The van der Waals surface area contributed by atoms with E-state index in [9.17, 15) is 13.2 Å². The van der Waals surface area contributed by atoms with E-state index in [-0.39, 0.29) is 5.95 Å². The van der Waals surface area contributed by atoms with Crippen LogP contribution in [-0.2, 0) is 10.9 Å². The smallest absolute Gasteiger partial charge is 0.383 e. The molecule has 1 aromatic heterocycles. The average molecular weight is 278 g/mol. The van der Waals surface area contributed by atoms with Crippen LogP contribution >= 0.6 is 0 Å². The van der Waals surface area contributed by atoms with Gasteiger partial charge in [0.05, 0.1) is 6.61 Å². The topological polar surface area (TPSA) is 64.3 Å². The van der Waals surface area contributed by atoms with Crippen LogP contribution in [0.5, 0.6) is 0 Å². The predicted molar refractivity (Wildman–Crippen MR) is 64.8 cm³/mol. The number of anilines is 1. The summed E-state index contributed by atoms with van der Waals surface area (Å²) < 4.78 is 42.7. The van der Waals surface area contributed by atoms with E-state index in [0.29, 0.717) is 32.7 Å². The molecule has 108 valence electrons. The normalized spacial score (nSPS) is 11.6. The van der Waals surface area contributed by atoms with Crippen molar-refractivity contribution in [3.05, 3.63) is 18.0 Å². The number of nitrogens with two attached hydrogens (primary N) is 1. The molecule has 1 aromatic rings. The summed E-state index contributed by atoms with van der Waals surface area (Å²) in [5.41, 5.74) is 4.45. The second-order valence-electron chi connectivity index (χ2n) is 3.86. The van der Waals surface area contributed by atoms with E-state index in [4.69, 9.17) is 10.5 Å². The summed E-state index contributed by atoms with van der Waals surface area (Å²) >= 11 is 0. The van der Waals surface area contributed by atoms with Crippen LogP contribution < -0.4 is 10.6 Å². The molecule has 0 aromatic carbocycles. The molecule has 0 atom stereocenters. The molecule has 1 heterocycles. The first-order chi connectivity index (χ1) is 8.99. The highest BCUT2D eigenvalue weighted by Crippen LogP contribution is 2.28. The molecule has 0 spiro atoms. The second-order valence-corrected chi connectivity index (χ2v) is 3.86. The summed E-state index contributed by atoms with van der Waals surface area (Å²) in [5, 5.41) is 0. The highest BCUT2D eigenvalue weighted by atomic mass is 19.4. The number of alkyl halides is 3. The fraction of sp³-hybridized carbons (Fsp3) is 0.636. The van der Waals surface area contributed by atoms with Crippen molar-refractivity contribution in [1.82, 2.24) is 9.97 Å². The van der Waals surface area contributed by atoms with Gasteiger partial charge in [-0.25, -0.2) is 9.97 Å². The van der Waals surface area contributed by atoms with Crippen molar-refractivity contribution in [2.24, 2.45) is 5.73 Å². The van der Waals surface area contributed by atoms with Crippen molar-refractivity contribution in [2.75, 3.05) is 38.3 Å². The third-order valence-corrected chi connectivity index (χ3v) is 2.41. The van der Waals surface area contributed by atoms with Crippen molar-refractivity contribution in [1.29, 1.82) is 0 Å². The molecule has 0 aliphatic carbocycles. The number of nitrogens with zero attached hydrogens (tertiary/aromatic N) is 3. The molecule has 0 fully saturated rings. The van der Waals surface area contributed by atoms with Crippen LogP contribution in [0.1, 0.15) is 12.1 Å². The van der Waals surface area contributed by atoms with Crippen LogP contribution in [0.2, 0.25) is 0 Å². The number of halogens is 3. The van der Waals surface area contributed by atoms with Gasteiger partial charge >= 0.3 is 6.18 Å². The zero-order chi connectivity index (χ0) is 14.3. The second kappa shape index (κ2) is 7.25. The van der Waals surface area contributed by atoms with Gasteiger partial charge in [-0.3, -0.25) is 0 Å². The first kappa shape index (κ1) is 15.6. The lowest BCUT2D eigenvalue weighted by molar-refractivity contribution is -0.141. The van der Waals surface area contributed by atoms with Crippen LogP contribution in [0.15, 0.2) is 12.3 Å². The highest BCUT2D eigenvalue weighted by Gasteiger charge is 2.33. The lowest BCUT2D eigenvalue weighted by atomic mass is 10.3. The van der Waals surface area contributed by atoms with Gasteiger partial charge in [-0.1, -0.05) is 0 Å². The van der Waals surface area contributed by atoms with Crippen molar-refractivity contribution < 1.29 is 17.9 Å². The molecule has 0 aliphatic rings. The highest BCUT2D eigenvalue weighted by molar-refractivity contribution is 5.30. The summed E-state index contributed by atoms with van der Waals surface area (Å²) in [7, 11) is 1.52. The van der Waals surface area contributed by atoms with Crippen LogP contribution in [0, 0.1) is 0 Å². The Morgan fingerprint density at radius 2 is 2.11 bits per heavy atom. The number of aromatic nitrogens is 2. The van der Waals surface area contributed by atoms with E-state index in [1.165, 1.54) is 7.11 Å². The van der Waals surface area contributed by atoms with Gasteiger partial charge < -0.3 is 15.4 Å². The van der Waals surface area contributed by atoms with Crippen molar-refractivity contribution >= 4 is 5.95 Å². The Bertz CT molecular complexity index is 378. The molecule has 2 N–H and O–H groups in total. The Balaban J connectivity index is 2.88. The fourth-order valence-electron chi connectivity index (χ4n) is 1.45. The van der Waals surface area contributed by atoms with Gasteiger partial charge in [0.2, 0.25) is 5.95 Å². The van der Waals surface area contributed by atoms with E-state index in [1.807, 2.05) is 0 Å². The summed E-state index contributed by atoms with van der Waals surface area (Å²) in [4.78, 5) is 9.05. The number of methoxy groups -OCH3 is 1. The summed E-state index contributed by atoms with van der Waals surface area (Å²) in [6.07, 6.45) is -2.73. The maximum atomic E-state index is 12.6. The van der Waals surface area contributed by atoms with E-state index in [1.54, 1.807) is 4.90 Å². The predicted octanol–water partition coefficient (Wildman–Crippen LogP) is 1.30. The van der Waals surface area contributed by atoms with Gasteiger partial charge in [-0.2, -0.15) is 13.2 Å². The van der Waals surface area contributed by atoms with Crippen LogP contribution in [0.25, 0.3) is 0 Å². The quantitative estimate of drug-likeness (QED) is 0.814. The third kappa shape index (κ3) is 4.99. The van der Waals surface area contributed by atoms with E-state index in [2.05, 4.69) is 9.97 Å². The van der Waals surface area contributed by atoms with Crippen LogP contribution in [-0.4, -0.2) is 43.3 Å². The third-order valence-electron chi connectivity index (χ3n) is 2.41. The first-order valence-electron chi connectivity index (χ1n) is 5.83. The van der Waals surface area contributed by atoms with Crippen LogP contribution in [0.3, 0.4) is 0 Å². The van der Waals surface area contributed by atoms with Crippen molar-refractivity contribution in [3.63, 3.8) is 0 Å². The lowest BCUT2D eigenvalue weighted by Gasteiger charge is -2.22. The number of hydrogen-bond donors (Lipinski definition) is 1. The molecular formula is C11H17F3N4O. The van der Waals surface area contributed by atoms with Gasteiger partial charge in [0.15, 0.2) is 0 Å². The number of hydrogen-bond acceptors (Lipinski definition) is 5. The molecule has 0 bridgehead atoms. The monoisotopic (exact) mass is 278 g/mol. The van der Waals surface area contributed by atoms with E-state index < -0.39 is 11.9 Å². The Kier molecular flexibility index (Phi) is 5.97. The Hall–Kier alpha value is -1.41. The van der Waals surface area contributed by atoms with Crippen molar-refractivity contribution in [3.8, 4) is 0 Å². The van der Waals surface area contributed by atoms with Gasteiger partial charge in [-0.15, -0.1) is 0 Å². The molecule has 0 saturated heterocycles. The number of ether oxygens (including phenoxy) is 1. The van der Waals surface area contributed by atoms with Crippen molar-refractivity contribution in [2.45, 2.75) is 12.6 Å². The SMILES string of the molecule is COCCN(CCCN)c1nccc(C(F)(F)F)n1. The minimum absolute atomic E-state index is 0.0420. The summed E-state index contributed by atoms with van der Waals surface area (Å²) in [5.74, 6) is 0.0420. The summed E-state index contributed by atoms with van der Waals surface area (Å²) in [6, 6.07) is 0.848. The molecule has 0 aliphatic heterocycles.